The Morgan fingerprint density at radius 2 is 1.77 bits per heavy atom. The average molecular weight is 614 g/mol. The maximum atomic E-state index is 12.2. The van der Waals surface area contributed by atoms with E-state index in [-0.39, 0.29) is 25.2 Å². The molecule has 0 amide bonds. The van der Waals surface area contributed by atoms with Gasteiger partial charge in [0.25, 0.3) is 0 Å². The van der Waals surface area contributed by atoms with Crippen LogP contribution >= 0.6 is 0 Å². The van der Waals surface area contributed by atoms with E-state index in [0.29, 0.717) is 24.8 Å². The van der Waals surface area contributed by atoms with Gasteiger partial charge in [0.1, 0.15) is 11.6 Å². The van der Waals surface area contributed by atoms with Gasteiger partial charge in [-0.15, -0.1) is 0 Å². The molecule has 0 bridgehead atoms. The molecule has 2 aliphatic heterocycles. The predicted octanol–water partition coefficient (Wildman–Crippen LogP) is 4.18. The largest absolute Gasteiger partial charge is 0.428 e. The van der Waals surface area contributed by atoms with E-state index < -0.39 is 11.4 Å². The number of hydrogen-bond acceptors (Lipinski definition) is 9. The molecule has 4 rings (SSSR count). The molecule has 0 saturated carbocycles. The molecule has 2 N–H and O–H groups in total. The molecular formula is C33H55N7O4. The fourth-order valence-electron chi connectivity index (χ4n) is 6.44. The number of rotatable bonds is 16. The lowest BCUT2D eigenvalue weighted by molar-refractivity contribution is -0.173. The lowest BCUT2D eigenvalue weighted by Gasteiger charge is -2.40. The predicted molar refractivity (Wildman–Crippen MR) is 170 cm³/mol. The van der Waals surface area contributed by atoms with Crippen LogP contribution in [0.25, 0.3) is 0 Å². The van der Waals surface area contributed by atoms with Crippen LogP contribution in [0, 0.1) is 16.7 Å². The van der Waals surface area contributed by atoms with Crippen LogP contribution in [0.5, 0.6) is 0 Å². The van der Waals surface area contributed by atoms with Crippen molar-refractivity contribution >= 4 is 11.9 Å². The topological polar surface area (TPSA) is 118 Å². The van der Waals surface area contributed by atoms with Crippen LogP contribution in [0.15, 0.2) is 24.8 Å². The molecule has 11 nitrogen and oxygen atoms in total. The van der Waals surface area contributed by atoms with Crippen LogP contribution in [0.1, 0.15) is 90.8 Å². The SMILES string of the molecule is CC(C)CN1CCC2(CC1)CCN(CCCn1ccnc1C(Cc1ncc[nH]1)NCCCC(=O)OCOC(=O)C(C)(C)C)C2. The van der Waals surface area contributed by atoms with Gasteiger partial charge >= 0.3 is 11.9 Å². The number of ether oxygens (including phenoxy) is 2. The Morgan fingerprint density at radius 1 is 1.02 bits per heavy atom. The number of nitrogens with one attached hydrogen (secondary N) is 2. The Bertz CT molecular complexity index is 1150. The zero-order valence-electron chi connectivity index (χ0n) is 27.6. The highest BCUT2D eigenvalue weighted by Gasteiger charge is 2.40. The van der Waals surface area contributed by atoms with E-state index in [0.717, 1.165) is 37.1 Å². The van der Waals surface area contributed by atoms with Gasteiger partial charge in [-0.1, -0.05) is 13.8 Å². The minimum absolute atomic E-state index is 0.0500. The van der Waals surface area contributed by atoms with Crippen molar-refractivity contribution in [1.82, 2.24) is 34.6 Å². The molecule has 0 aromatic carbocycles. The molecule has 1 atom stereocenters. The number of esters is 2. The van der Waals surface area contributed by atoms with Crippen LogP contribution in [0.3, 0.4) is 0 Å². The molecular weight excluding hydrogens is 558 g/mol. The second-order valence-corrected chi connectivity index (χ2v) is 14.2. The lowest BCUT2D eigenvalue weighted by Crippen LogP contribution is -2.42. The van der Waals surface area contributed by atoms with Gasteiger partial charge in [-0.2, -0.15) is 0 Å². The lowest BCUT2D eigenvalue weighted by atomic mass is 9.77. The van der Waals surface area contributed by atoms with E-state index in [4.69, 9.17) is 14.5 Å². The Kier molecular flexibility index (Phi) is 12.4. The van der Waals surface area contributed by atoms with E-state index in [2.05, 4.69) is 49.7 Å². The van der Waals surface area contributed by atoms with E-state index in [1.807, 2.05) is 12.4 Å². The van der Waals surface area contributed by atoms with Crippen molar-refractivity contribution in [2.45, 2.75) is 92.2 Å². The van der Waals surface area contributed by atoms with Gasteiger partial charge in [0.05, 0.1) is 11.5 Å². The monoisotopic (exact) mass is 613 g/mol. The second kappa shape index (κ2) is 16.0. The van der Waals surface area contributed by atoms with Crippen LogP contribution in [-0.4, -0.2) is 93.9 Å². The van der Waals surface area contributed by atoms with Crippen molar-refractivity contribution in [3.05, 3.63) is 36.4 Å². The Balaban J connectivity index is 1.21. The van der Waals surface area contributed by atoms with Crippen molar-refractivity contribution in [3.8, 4) is 0 Å². The molecule has 2 fully saturated rings. The minimum Gasteiger partial charge on any atom is -0.428 e. The van der Waals surface area contributed by atoms with Gasteiger partial charge in [-0.25, -0.2) is 9.97 Å². The molecule has 2 saturated heterocycles. The molecule has 2 aliphatic rings. The first-order chi connectivity index (χ1) is 21.0. The number of nitrogens with zero attached hydrogens (tertiary/aromatic N) is 5. The average Bonchev–Trinajstić information content (AvgIpc) is 3.73. The number of likely N-dealkylation sites (tertiary alicyclic amines) is 2. The van der Waals surface area contributed by atoms with E-state index in [1.54, 1.807) is 27.0 Å². The number of aryl methyl sites for hydroxylation is 1. The first kappa shape index (κ1) is 34.1. The Labute approximate surface area is 263 Å². The van der Waals surface area contributed by atoms with E-state index in [9.17, 15) is 9.59 Å². The number of carbonyl (C=O) groups is 2. The molecule has 246 valence electrons. The highest BCUT2D eigenvalue weighted by atomic mass is 16.7. The third kappa shape index (κ3) is 10.4. The quantitative estimate of drug-likeness (QED) is 0.163. The molecule has 44 heavy (non-hydrogen) atoms. The summed E-state index contributed by atoms with van der Waals surface area (Å²) in [6.07, 6.45) is 14.1. The zero-order valence-corrected chi connectivity index (χ0v) is 27.6. The summed E-state index contributed by atoms with van der Waals surface area (Å²) in [6.45, 7) is 18.4. The molecule has 2 aromatic rings. The number of imidazole rings is 2. The van der Waals surface area contributed by atoms with Crippen LogP contribution in [0.2, 0.25) is 0 Å². The van der Waals surface area contributed by atoms with Gasteiger partial charge in [0.2, 0.25) is 6.79 Å². The Hall–Kier alpha value is -2.76. The van der Waals surface area contributed by atoms with E-state index in [1.165, 1.54) is 52.0 Å². The van der Waals surface area contributed by atoms with Crippen LogP contribution in [0.4, 0.5) is 0 Å². The maximum Gasteiger partial charge on any atom is 0.314 e. The van der Waals surface area contributed by atoms with Crippen LogP contribution < -0.4 is 5.32 Å². The van der Waals surface area contributed by atoms with Gasteiger partial charge in [0, 0.05) is 57.3 Å². The minimum atomic E-state index is -0.632. The molecule has 0 radical (unpaired) electrons. The number of piperidine rings is 1. The molecule has 4 heterocycles. The van der Waals surface area contributed by atoms with Crippen molar-refractivity contribution in [2.24, 2.45) is 16.7 Å². The molecule has 1 unspecified atom stereocenters. The highest BCUT2D eigenvalue weighted by Crippen LogP contribution is 2.40. The number of aromatic amines is 1. The van der Waals surface area contributed by atoms with Gasteiger partial charge in [-0.3, -0.25) is 9.59 Å². The number of H-pyrrole nitrogens is 1. The summed E-state index contributed by atoms with van der Waals surface area (Å²) in [7, 11) is 0. The first-order valence-electron chi connectivity index (χ1n) is 16.5. The Morgan fingerprint density at radius 3 is 2.45 bits per heavy atom. The third-order valence-electron chi connectivity index (χ3n) is 8.91. The molecule has 0 aliphatic carbocycles. The molecule has 11 heteroatoms. The van der Waals surface area contributed by atoms with Gasteiger partial charge in [0.15, 0.2) is 0 Å². The summed E-state index contributed by atoms with van der Waals surface area (Å²) in [5.41, 5.74) is -0.109. The number of carbonyl (C=O) groups excluding carboxylic acids is 2. The molecule has 2 aromatic heterocycles. The summed E-state index contributed by atoms with van der Waals surface area (Å²) < 4.78 is 12.4. The van der Waals surface area contributed by atoms with Gasteiger partial charge < -0.3 is 34.1 Å². The van der Waals surface area contributed by atoms with Crippen molar-refractivity contribution in [3.63, 3.8) is 0 Å². The first-order valence-corrected chi connectivity index (χ1v) is 16.5. The van der Waals surface area contributed by atoms with Crippen LogP contribution in [-0.2, 0) is 32.0 Å². The summed E-state index contributed by atoms with van der Waals surface area (Å²) in [5.74, 6) is 1.83. The van der Waals surface area contributed by atoms with E-state index >= 15 is 0 Å². The second-order valence-electron chi connectivity index (χ2n) is 14.2. The third-order valence-corrected chi connectivity index (χ3v) is 8.91. The standard InChI is InChI=1S/C33H55N7O4/c1-26(2)23-38-18-9-33(10-19-38)11-20-39(24-33)16-7-17-40-21-15-37-30(40)27(22-28-35-13-14-36-28)34-12-6-8-29(41)43-25-44-31(42)32(3,4)5/h13-15,21,26-27,34H,6-12,16-20,22-25H2,1-5H3,(H,35,36). The summed E-state index contributed by atoms with van der Waals surface area (Å²) >= 11 is 0. The van der Waals surface area contributed by atoms with Gasteiger partial charge in [-0.05, 0) is 96.9 Å². The smallest absolute Gasteiger partial charge is 0.314 e. The highest BCUT2D eigenvalue weighted by molar-refractivity contribution is 5.75. The summed E-state index contributed by atoms with van der Waals surface area (Å²) in [4.78, 5) is 41.7. The molecule has 1 spiro atoms. The summed E-state index contributed by atoms with van der Waals surface area (Å²) in [6, 6.07) is -0.0500. The fraction of sp³-hybridized carbons (Fsp3) is 0.758. The number of hydrogen-bond donors (Lipinski definition) is 2. The number of aromatic nitrogens is 4. The maximum absolute atomic E-state index is 12.2. The zero-order chi connectivity index (χ0) is 31.6. The van der Waals surface area contributed by atoms with Crippen molar-refractivity contribution in [2.75, 3.05) is 52.6 Å². The van der Waals surface area contributed by atoms with Crippen molar-refractivity contribution in [1.29, 1.82) is 0 Å². The fourth-order valence-corrected chi connectivity index (χ4v) is 6.44. The summed E-state index contributed by atoms with van der Waals surface area (Å²) in [5, 5.41) is 3.59. The van der Waals surface area contributed by atoms with Crippen molar-refractivity contribution < 1.29 is 19.1 Å². The normalized spacial score (nSPS) is 18.2.